The quantitative estimate of drug-likeness (QED) is 0.712. The molecule has 0 radical (unpaired) electrons. The summed E-state index contributed by atoms with van der Waals surface area (Å²) in [5, 5.41) is 7.23. The number of imide groups is 2. The van der Waals surface area contributed by atoms with E-state index in [0.717, 1.165) is 0 Å². The van der Waals surface area contributed by atoms with Crippen LogP contribution in [0.5, 0.6) is 0 Å². The summed E-state index contributed by atoms with van der Waals surface area (Å²) in [5.41, 5.74) is 0. The molecule has 0 aliphatic carbocycles. The normalized spacial score (nSPS) is 27.9. The Balaban J connectivity index is 2.15. The molecule has 2 fully saturated rings. The second kappa shape index (κ2) is 4.61. The SMILES string of the molecule is O=C(O)CN1C(=O)SC(C2SC(=O)NC2=O)C1=O. The Morgan fingerprint density at radius 2 is 1.89 bits per heavy atom. The van der Waals surface area contributed by atoms with Gasteiger partial charge in [0.15, 0.2) is 0 Å². The molecule has 0 bridgehead atoms. The van der Waals surface area contributed by atoms with Gasteiger partial charge in [0, 0.05) is 0 Å². The highest BCUT2D eigenvalue weighted by Gasteiger charge is 2.50. The van der Waals surface area contributed by atoms with Crippen LogP contribution in [0.25, 0.3) is 0 Å². The number of nitrogens with one attached hydrogen (secondary N) is 1. The van der Waals surface area contributed by atoms with E-state index in [2.05, 4.69) is 0 Å². The average Bonchev–Trinajstić information content (AvgIpc) is 2.72. The van der Waals surface area contributed by atoms with E-state index in [9.17, 15) is 24.0 Å². The lowest BCUT2D eigenvalue weighted by Gasteiger charge is -2.12. The Kier molecular flexibility index (Phi) is 3.30. The minimum Gasteiger partial charge on any atom is -0.480 e. The van der Waals surface area contributed by atoms with Crippen LogP contribution in [0, 0.1) is 0 Å². The molecule has 0 spiro atoms. The predicted molar refractivity (Wildman–Crippen MR) is 61.0 cm³/mol. The van der Waals surface area contributed by atoms with Crippen molar-refractivity contribution >= 4 is 51.8 Å². The summed E-state index contributed by atoms with van der Waals surface area (Å²) in [6, 6.07) is 0. The van der Waals surface area contributed by atoms with Crippen molar-refractivity contribution in [3.63, 3.8) is 0 Å². The van der Waals surface area contributed by atoms with Crippen LogP contribution in [0.2, 0.25) is 0 Å². The van der Waals surface area contributed by atoms with Crippen molar-refractivity contribution in [1.29, 1.82) is 0 Å². The highest BCUT2D eigenvalue weighted by Crippen LogP contribution is 2.36. The first-order valence-corrected chi connectivity index (χ1v) is 6.41. The summed E-state index contributed by atoms with van der Waals surface area (Å²) in [4.78, 5) is 56.7. The lowest BCUT2D eigenvalue weighted by atomic mass is 10.2. The topological polar surface area (TPSA) is 121 Å². The Labute approximate surface area is 108 Å². The largest absolute Gasteiger partial charge is 0.480 e. The van der Waals surface area contributed by atoms with Crippen molar-refractivity contribution in [2.75, 3.05) is 6.54 Å². The molecule has 0 aromatic carbocycles. The fraction of sp³-hybridized carbons (Fsp3) is 0.375. The number of thioether (sulfide) groups is 2. The van der Waals surface area contributed by atoms with E-state index in [-0.39, 0.29) is 0 Å². The molecule has 8 nitrogen and oxygen atoms in total. The van der Waals surface area contributed by atoms with Gasteiger partial charge < -0.3 is 5.11 Å². The van der Waals surface area contributed by atoms with Gasteiger partial charge in [0.25, 0.3) is 10.5 Å². The number of hydrogen-bond acceptors (Lipinski definition) is 7. The maximum absolute atomic E-state index is 11.8. The van der Waals surface area contributed by atoms with Crippen molar-refractivity contribution < 1.29 is 29.1 Å². The molecule has 2 unspecified atom stereocenters. The summed E-state index contributed by atoms with van der Waals surface area (Å²) >= 11 is 1.20. The molecule has 2 rings (SSSR count). The highest BCUT2D eigenvalue weighted by molar-refractivity contribution is 8.19. The van der Waals surface area contributed by atoms with E-state index >= 15 is 0 Å². The van der Waals surface area contributed by atoms with Crippen LogP contribution in [0.15, 0.2) is 0 Å². The van der Waals surface area contributed by atoms with Crippen molar-refractivity contribution in [2.24, 2.45) is 0 Å². The van der Waals surface area contributed by atoms with Gasteiger partial charge in [-0.3, -0.25) is 34.2 Å². The Bertz CT molecular complexity index is 478. The molecule has 0 aromatic rings. The summed E-state index contributed by atoms with van der Waals surface area (Å²) < 4.78 is 0. The number of hydrogen-bond donors (Lipinski definition) is 2. The molecule has 2 atom stereocenters. The fourth-order valence-electron chi connectivity index (χ4n) is 1.50. The van der Waals surface area contributed by atoms with Gasteiger partial charge in [0.05, 0.1) is 0 Å². The van der Waals surface area contributed by atoms with Crippen LogP contribution in [0.4, 0.5) is 9.59 Å². The third-order valence-electron chi connectivity index (χ3n) is 2.24. The monoisotopic (exact) mass is 290 g/mol. The molecule has 10 heteroatoms. The van der Waals surface area contributed by atoms with Gasteiger partial charge in [0.1, 0.15) is 17.0 Å². The van der Waals surface area contributed by atoms with Crippen LogP contribution in [0.3, 0.4) is 0 Å². The summed E-state index contributed by atoms with van der Waals surface area (Å²) in [5.74, 6) is -2.71. The lowest BCUT2D eigenvalue weighted by Crippen LogP contribution is -2.40. The average molecular weight is 290 g/mol. The zero-order valence-corrected chi connectivity index (χ0v) is 10.2. The molecule has 0 saturated carbocycles. The molecule has 96 valence electrons. The third-order valence-corrected chi connectivity index (χ3v) is 4.62. The van der Waals surface area contributed by atoms with Crippen molar-refractivity contribution in [2.45, 2.75) is 10.5 Å². The number of aliphatic carboxylic acids is 1. The molecule has 2 N–H and O–H groups in total. The first-order chi connectivity index (χ1) is 8.40. The third kappa shape index (κ3) is 2.20. The number of carbonyl (C=O) groups is 5. The maximum Gasteiger partial charge on any atom is 0.323 e. The second-order valence-electron chi connectivity index (χ2n) is 3.44. The standard InChI is InChI=1S/C8H6N2O6S2/c11-2(12)1-10-6(14)4(18-8(10)16)3-5(13)9-7(15)17-3/h3-4H,1H2,(H,11,12)(H,9,13,15). The molecular formula is C8H6N2O6S2. The van der Waals surface area contributed by atoms with Crippen LogP contribution in [0.1, 0.15) is 0 Å². The van der Waals surface area contributed by atoms with Gasteiger partial charge in [0.2, 0.25) is 11.8 Å². The number of carbonyl (C=O) groups excluding carboxylic acids is 4. The van der Waals surface area contributed by atoms with Gasteiger partial charge in [-0.1, -0.05) is 0 Å². The molecule has 4 amide bonds. The molecule has 2 heterocycles. The smallest absolute Gasteiger partial charge is 0.323 e. The fourth-order valence-corrected chi connectivity index (χ4v) is 3.61. The molecule has 0 aromatic heterocycles. The minimum absolute atomic E-state index is 0.564. The summed E-state index contributed by atoms with van der Waals surface area (Å²) in [7, 11) is 0. The van der Waals surface area contributed by atoms with E-state index in [1.807, 2.05) is 5.32 Å². The number of carboxylic acids is 1. The summed E-state index contributed by atoms with van der Waals surface area (Å²) in [6.07, 6.45) is 0. The van der Waals surface area contributed by atoms with E-state index in [0.29, 0.717) is 28.4 Å². The molecule has 2 aliphatic rings. The van der Waals surface area contributed by atoms with Gasteiger partial charge in [-0.15, -0.1) is 0 Å². The van der Waals surface area contributed by atoms with Crippen LogP contribution >= 0.6 is 23.5 Å². The van der Waals surface area contributed by atoms with Gasteiger partial charge in [-0.25, -0.2) is 0 Å². The first kappa shape index (κ1) is 12.9. The van der Waals surface area contributed by atoms with Gasteiger partial charge >= 0.3 is 5.97 Å². The molecular weight excluding hydrogens is 284 g/mol. The Morgan fingerprint density at radius 3 is 2.39 bits per heavy atom. The van der Waals surface area contributed by atoms with E-state index in [1.165, 1.54) is 0 Å². The second-order valence-corrected chi connectivity index (χ2v) is 5.64. The number of rotatable bonds is 3. The molecule has 18 heavy (non-hydrogen) atoms. The number of carboxylic acid groups (broad SMARTS) is 1. The van der Waals surface area contributed by atoms with Crippen LogP contribution < -0.4 is 5.32 Å². The first-order valence-electron chi connectivity index (χ1n) is 4.65. The molecule has 2 aliphatic heterocycles. The highest BCUT2D eigenvalue weighted by atomic mass is 32.2. The number of amides is 4. The lowest BCUT2D eigenvalue weighted by molar-refractivity contribution is -0.141. The van der Waals surface area contributed by atoms with Crippen molar-refractivity contribution in [1.82, 2.24) is 10.2 Å². The number of nitrogens with zero attached hydrogens (tertiary/aromatic N) is 1. The summed E-state index contributed by atoms with van der Waals surface area (Å²) in [6.45, 7) is -0.742. The zero-order valence-electron chi connectivity index (χ0n) is 8.61. The van der Waals surface area contributed by atoms with Gasteiger partial charge in [-0.2, -0.15) is 0 Å². The van der Waals surface area contributed by atoms with Crippen molar-refractivity contribution in [3.05, 3.63) is 0 Å². The zero-order chi connectivity index (χ0) is 13.4. The molecule has 2 saturated heterocycles. The van der Waals surface area contributed by atoms with Crippen LogP contribution in [-0.2, 0) is 14.4 Å². The maximum atomic E-state index is 11.8. The van der Waals surface area contributed by atoms with E-state index < -0.39 is 45.3 Å². The van der Waals surface area contributed by atoms with E-state index in [1.54, 1.807) is 0 Å². The van der Waals surface area contributed by atoms with Gasteiger partial charge in [-0.05, 0) is 23.5 Å². The Hall–Kier alpha value is -1.55. The predicted octanol–water partition coefficient (Wildman–Crippen LogP) is -0.513. The van der Waals surface area contributed by atoms with Crippen LogP contribution in [-0.4, -0.2) is 55.3 Å². The van der Waals surface area contributed by atoms with Crippen molar-refractivity contribution in [3.8, 4) is 0 Å². The Morgan fingerprint density at radius 1 is 1.22 bits per heavy atom. The minimum atomic E-state index is -1.32. The van der Waals surface area contributed by atoms with E-state index in [4.69, 9.17) is 5.11 Å².